The number of piperidine rings is 1. The molecule has 0 unspecified atom stereocenters. The number of aromatic nitrogens is 2. The van der Waals surface area contributed by atoms with Gasteiger partial charge in [-0.05, 0) is 62.7 Å². The third-order valence-corrected chi connectivity index (χ3v) is 6.01. The highest BCUT2D eigenvalue weighted by Crippen LogP contribution is 2.30. The van der Waals surface area contributed by atoms with Gasteiger partial charge in [-0.1, -0.05) is 29.3 Å². The summed E-state index contributed by atoms with van der Waals surface area (Å²) in [6, 6.07) is 12.2. The standard InChI is InChI=1S/C23H23ClN4O2/c1-13-2-5-19-17(10-13)20-21(30-19)23(29)28-22(27-20)16-4-3-14(11-18(16)24)12-26-15-6-8-25-9-7-15/h2-5,10-11,15,25-26H,6-9,12H2,1H3,(H,27,28,29). The molecule has 0 atom stereocenters. The summed E-state index contributed by atoms with van der Waals surface area (Å²) in [5.41, 5.74) is 4.02. The lowest BCUT2D eigenvalue weighted by Crippen LogP contribution is -2.39. The Balaban J connectivity index is 1.48. The molecular weight excluding hydrogens is 400 g/mol. The van der Waals surface area contributed by atoms with Crippen molar-refractivity contribution in [3.05, 3.63) is 62.9 Å². The van der Waals surface area contributed by atoms with Gasteiger partial charge in [-0.3, -0.25) is 4.79 Å². The smallest absolute Gasteiger partial charge is 0.294 e. The zero-order chi connectivity index (χ0) is 20.7. The quantitative estimate of drug-likeness (QED) is 0.460. The monoisotopic (exact) mass is 422 g/mol. The van der Waals surface area contributed by atoms with Crippen LogP contribution in [0.2, 0.25) is 5.02 Å². The predicted molar refractivity (Wildman–Crippen MR) is 120 cm³/mol. The number of aromatic amines is 1. The molecule has 5 rings (SSSR count). The summed E-state index contributed by atoms with van der Waals surface area (Å²) >= 11 is 6.58. The van der Waals surface area contributed by atoms with Crippen molar-refractivity contribution in [3.8, 4) is 11.4 Å². The normalized spacial score (nSPS) is 15.3. The minimum Gasteiger partial charge on any atom is -0.449 e. The Hall–Kier alpha value is -2.67. The van der Waals surface area contributed by atoms with Crippen LogP contribution in [0.5, 0.6) is 0 Å². The van der Waals surface area contributed by atoms with Gasteiger partial charge in [-0.2, -0.15) is 0 Å². The number of H-pyrrole nitrogens is 1. The summed E-state index contributed by atoms with van der Waals surface area (Å²) < 4.78 is 5.72. The molecule has 0 spiro atoms. The van der Waals surface area contributed by atoms with Crippen LogP contribution < -0.4 is 16.2 Å². The number of nitrogens with one attached hydrogen (secondary N) is 3. The van der Waals surface area contributed by atoms with E-state index in [9.17, 15) is 4.79 Å². The number of halogens is 1. The first kappa shape index (κ1) is 19.3. The van der Waals surface area contributed by atoms with E-state index in [2.05, 4.69) is 20.6 Å². The molecule has 1 fully saturated rings. The summed E-state index contributed by atoms with van der Waals surface area (Å²) in [4.78, 5) is 20.1. The minimum atomic E-state index is -0.309. The molecule has 2 aromatic carbocycles. The summed E-state index contributed by atoms with van der Waals surface area (Å²) in [6.45, 7) is 4.88. The van der Waals surface area contributed by atoms with Crippen molar-refractivity contribution in [2.45, 2.75) is 32.4 Å². The number of benzene rings is 2. The maximum Gasteiger partial charge on any atom is 0.294 e. The number of hydrogen-bond acceptors (Lipinski definition) is 5. The SMILES string of the molecule is Cc1ccc2oc3c(=O)[nH]c(-c4ccc(CNC5CCNCC5)cc4Cl)nc3c2c1. The van der Waals surface area contributed by atoms with E-state index in [-0.39, 0.29) is 11.1 Å². The second-order valence-corrected chi connectivity index (χ2v) is 8.32. The minimum absolute atomic E-state index is 0.235. The van der Waals surface area contributed by atoms with Gasteiger partial charge in [0, 0.05) is 23.5 Å². The van der Waals surface area contributed by atoms with Crippen molar-refractivity contribution in [1.29, 1.82) is 0 Å². The van der Waals surface area contributed by atoms with Crippen molar-refractivity contribution in [1.82, 2.24) is 20.6 Å². The van der Waals surface area contributed by atoms with E-state index >= 15 is 0 Å². The molecule has 3 N–H and O–H groups in total. The molecule has 1 saturated heterocycles. The van der Waals surface area contributed by atoms with Crippen molar-refractivity contribution in [2.24, 2.45) is 0 Å². The molecule has 2 aromatic heterocycles. The van der Waals surface area contributed by atoms with E-state index in [4.69, 9.17) is 16.0 Å². The molecule has 4 aromatic rings. The zero-order valence-corrected chi connectivity index (χ0v) is 17.5. The summed E-state index contributed by atoms with van der Waals surface area (Å²) in [7, 11) is 0. The van der Waals surface area contributed by atoms with Gasteiger partial charge in [0.1, 0.15) is 16.9 Å². The van der Waals surface area contributed by atoms with Crippen LogP contribution in [0.15, 0.2) is 45.6 Å². The molecule has 3 heterocycles. The highest BCUT2D eigenvalue weighted by Gasteiger charge is 2.16. The Morgan fingerprint density at radius 3 is 2.83 bits per heavy atom. The van der Waals surface area contributed by atoms with Crippen LogP contribution in [-0.4, -0.2) is 29.1 Å². The molecule has 154 valence electrons. The first-order valence-corrected chi connectivity index (χ1v) is 10.6. The van der Waals surface area contributed by atoms with Crippen molar-refractivity contribution in [3.63, 3.8) is 0 Å². The summed E-state index contributed by atoms with van der Waals surface area (Å²) in [6.07, 6.45) is 2.27. The molecule has 1 aliphatic heterocycles. The zero-order valence-electron chi connectivity index (χ0n) is 16.7. The van der Waals surface area contributed by atoms with E-state index in [1.165, 1.54) is 0 Å². The number of nitrogens with zero attached hydrogens (tertiary/aromatic N) is 1. The van der Waals surface area contributed by atoms with Crippen molar-refractivity contribution in [2.75, 3.05) is 13.1 Å². The Kier molecular flexibility index (Phi) is 5.06. The van der Waals surface area contributed by atoms with Gasteiger partial charge in [0.25, 0.3) is 5.56 Å². The first-order valence-electron chi connectivity index (χ1n) is 10.2. The molecule has 0 bridgehead atoms. The van der Waals surface area contributed by atoms with Gasteiger partial charge in [0.05, 0.1) is 5.02 Å². The molecule has 0 amide bonds. The number of hydrogen-bond donors (Lipinski definition) is 3. The lowest BCUT2D eigenvalue weighted by Gasteiger charge is -2.23. The fourth-order valence-corrected chi connectivity index (χ4v) is 4.34. The van der Waals surface area contributed by atoms with E-state index in [1.54, 1.807) is 0 Å². The van der Waals surface area contributed by atoms with Crippen LogP contribution in [0.25, 0.3) is 33.5 Å². The third kappa shape index (κ3) is 3.62. The maximum atomic E-state index is 12.6. The largest absolute Gasteiger partial charge is 0.449 e. The molecule has 30 heavy (non-hydrogen) atoms. The molecule has 7 heteroatoms. The van der Waals surface area contributed by atoms with E-state index in [1.807, 2.05) is 43.3 Å². The van der Waals surface area contributed by atoms with Crippen molar-refractivity contribution >= 4 is 33.7 Å². The number of fused-ring (bicyclic) bond motifs is 3. The third-order valence-electron chi connectivity index (χ3n) is 5.70. The second-order valence-electron chi connectivity index (χ2n) is 7.91. The second kappa shape index (κ2) is 7.87. The Labute approximate surface area is 178 Å². The van der Waals surface area contributed by atoms with Gasteiger partial charge in [0.15, 0.2) is 0 Å². The summed E-state index contributed by atoms with van der Waals surface area (Å²) in [5.74, 6) is 0.444. The van der Waals surface area contributed by atoms with Crippen LogP contribution in [0.1, 0.15) is 24.0 Å². The van der Waals surface area contributed by atoms with Crippen LogP contribution in [-0.2, 0) is 6.54 Å². The highest BCUT2D eigenvalue weighted by molar-refractivity contribution is 6.33. The average Bonchev–Trinajstić information content (AvgIpc) is 3.11. The van der Waals surface area contributed by atoms with Gasteiger partial charge in [-0.15, -0.1) is 0 Å². The highest BCUT2D eigenvalue weighted by atomic mass is 35.5. The molecular formula is C23H23ClN4O2. The summed E-state index contributed by atoms with van der Waals surface area (Å²) in [5, 5.41) is 8.36. The Morgan fingerprint density at radius 1 is 1.20 bits per heavy atom. The van der Waals surface area contributed by atoms with Gasteiger partial charge < -0.3 is 20.0 Å². The van der Waals surface area contributed by atoms with Gasteiger partial charge in [-0.25, -0.2) is 4.98 Å². The Bertz CT molecular complexity index is 1290. The molecule has 1 aliphatic rings. The number of aryl methyl sites for hydroxylation is 1. The van der Waals surface area contributed by atoms with Crippen LogP contribution in [0, 0.1) is 6.92 Å². The average molecular weight is 423 g/mol. The first-order chi connectivity index (χ1) is 14.6. The lowest BCUT2D eigenvalue weighted by molar-refractivity contribution is 0.386. The van der Waals surface area contributed by atoms with Crippen LogP contribution in [0.3, 0.4) is 0 Å². The predicted octanol–water partition coefficient (Wildman–Crippen LogP) is 4.14. The Morgan fingerprint density at radius 2 is 2.03 bits per heavy atom. The van der Waals surface area contributed by atoms with E-state index in [0.717, 1.165) is 49.0 Å². The van der Waals surface area contributed by atoms with Crippen LogP contribution >= 0.6 is 11.6 Å². The topological polar surface area (TPSA) is 83.0 Å². The molecule has 0 radical (unpaired) electrons. The van der Waals surface area contributed by atoms with Gasteiger partial charge >= 0.3 is 0 Å². The molecule has 6 nitrogen and oxygen atoms in total. The van der Waals surface area contributed by atoms with Crippen molar-refractivity contribution < 1.29 is 4.42 Å². The lowest BCUT2D eigenvalue weighted by atomic mass is 10.1. The number of rotatable bonds is 4. The molecule has 0 saturated carbocycles. The fourth-order valence-electron chi connectivity index (χ4n) is 4.04. The maximum absolute atomic E-state index is 12.6. The van der Waals surface area contributed by atoms with E-state index < -0.39 is 0 Å². The number of furan rings is 1. The van der Waals surface area contributed by atoms with Gasteiger partial charge in [0.2, 0.25) is 5.58 Å². The molecule has 0 aliphatic carbocycles. The van der Waals surface area contributed by atoms with Crippen LogP contribution in [0.4, 0.5) is 0 Å². The van der Waals surface area contributed by atoms with E-state index in [0.29, 0.717) is 33.6 Å². The fraction of sp³-hybridized carbons (Fsp3) is 0.304.